The largest absolute Gasteiger partial charge is 0.497 e. The van der Waals surface area contributed by atoms with Gasteiger partial charge in [0.25, 0.3) is 0 Å². The van der Waals surface area contributed by atoms with E-state index in [4.69, 9.17) is 14.0 Å². The minimum atomic E-state index is -0.0110. The van der Waals surface area contributed by atoms with Crippen LogP contribution >= 0.6 is 11.3 Å². The molecule has 0 atom stereocenters. The van der Waals surface area contributed by atoms with E-state index in [0.717, 1.165) is 11.1 Å². The number of methoxy groups -OCH3 is 2. The molecule has 3 rings (SSSR count). The highest BCUT2D eigenvalue weighted by molar-refractivity contribution is 7.08. The molecule has 0 saturated heterocycles. The predicted molar refractivity (Wildman–Crippen MR) is 102 cm³/mol. The Morgan fingerprint density at radius 1 is 1.26 bits per heavy atom. The molecule has 3 aromatic rings. The van der Waals surface area contributed by atoms with E-state index in [2.05, 4.69) is 10.1 Å². The Bertz CT molecular complexity index is 892. The number of carbonyl (C=O) groups excluding carboxylic acids is 1. The zero-order valence-corrected chi connectivity index (χ0v) is 16.3. The van der Waals surface area contributed by atoms with Gasteiger partial charge in [-0.1, -0.05) is 5.16 Å². The van der Waals surface area contributed by atoms with Crippen LogP contribution in [-0.2, 0) is 17.8 Å². The summed E-state index contributed by atoms with van der Waals surface area (Å²) in [5.41, 5.74) is 1.83. The average molecular weight is 387 g/mol. The molecule has 0 aliphatic rings. The van der Waals surface area contributed by atoms with E-state index >= 15 is 0 Å². The van der Waals surface area contributed by atoms with E-state index in [1.165, 1.54) is 0 Å². The van der Waals surface area contributed by atoms with Gasteiger partial charge in [0, 0.05) is 49.0 Å². The quantitative estimate of drug-likeness (QED) is 0.589. The summed E-state index contributed by atoms with van der Waals surface area (Å²) < 4.78 is 15.8. The van der Waals surface area contributed by atoms with E-state index in [1.807, 2.05) is 29.0 Å². The summed E-state index contributed by atoms with van der Waals surface area (Å²) in [5, 5.41) is 7.87. The van der Waals surface area contributed by atoms with Gasteiger partial charge in [0.05, 0.1) is 14.2 Å². The Morgan fingerprint density at radius 3 is 2.81 bits per heavy atom. The Morgan fingerprint density at radius 2 is 2.11 bits per heavy atom. The molecule has 0 saturated carbocycles. The fourth-order valence-corrected chi connectivity index (χ4v) is 3.23. The number of thiophene rings is 1. The van der Waals surface area contributed by atoms with Crippen LogP contribution in [0.3, 0.4) is 0 Å². The highest BCUT2D eigenvalue weighted by Crippen LogP contribution is 2.25. The van der Waals surface area contributed by atoms with E-state index < -0.39 is 0 Å². The second-order valence-electron chi connectivity index (χ2n) is 5.95. The molecule has 0 aliphatic heterocycles. The van der Waals surface area contributed by atoms with Gasteiger partial charge in [-0.15, -0.1) is 0 Å². The van der Waals surface area contributed by atoms with E-state index in [1.54, 1.807) is 43.6 Å². The smallest absolute Gasteiger partial charge is 0.227 e. The topological polar surface area (TPSA) is 77.7 Å². The van der Waals surface area contributed by atoms with Crippen molar-refractivity contribution >= 4 is 17.2 Å². The molecule has 0 radical (unpaired) electrons. The molecule has 1 amide bonds. The van der Waals surface area contributed by atoms with Crippen molar-refractivity contribution < 1.29 is 18.8 Å². The van der Waals surface area contributed by atoms with Crippen LogP contribution in [0.5, 0.6) is 11.5 Å². The number of hydrogen-bond acceptors (Lipinski definition) is 7. The number of ether oxygens (including phenoxy) is 2. The lowest BCUT2D eigenvalue weighted by Crippen LogP contribution is -2.26. The highest BCUT2D eigenvalue weighted by atomic mass is 32.1. The van der Waals surface area contributed by atoms with Gasteiger partial charge < -0.3 is 18.9 Å². The number of rotatable bonds is 8. The Hall–Kier alpha value is -2.87. The molecule has 8 heteroatoms. The molecule has 1 aromatic carbocycles. The standard InChI is InChI=1S/C19H21N3O4S/c1-22(11-13-4-5-15(24-2)10-16(13)25-3)18(23)7-6-17-20-19(21-26-17)14-8-9-27-12-14/h4-5,8-10,12H,6-7,11H2,1-3H3. The zero-order chi connectivity index (χ0) is 19.2. The second-order valence-corrected chi connectivity index (χ2v) is 6.73. The maximum absolute atomic E-state index is 12.5. The van der Waals surface area contributed by atoms with Crippen molar-refractivity contribution in [2.75, 3.05) is 21.3 Å². The van der Waals surface area contributed by atoms with E-state index in [9.17, 15) is 4.79 Å². The molecule has 0 fully saturated rings. The molecular weight excluding hydrogens is 366 g/mol. The molecule has 0 unspecified atom stereocenters. The normalized spacial score (nSPS) is 10.6. The summed E-state index contributed by atoms with van der Waals surface area (Å²) in [6, 6.07) is 7.48. The van der Waals surface area contributed by atoms with Crippen LogP contribution in [0.1, 0.15) is 17.9 Å². The maximum atomic E-state index is 12.5. The van der Waals surface area contributed by atoms with Gasteiger partial charge in [-0.3, -0.25) is 4.79 Å². The van der Waals surface area contributed by atoms with Gasteiger partial charge in [-0.25, -0.2) is 0 Å². The summed E-state index contributed by atoms with van der Waals surface area (Å²) in [7, 11) is 4.96. The fraction of sp³-hybridized carbons (Fsp3) is 0.316. The summed E-state index contributed by atoms with van der Waals surface area (Å²) >= 11 is 1.57. The predicted octanol–water partition coefficient (Wildman–Crippen LogP) is 3.41. The van der Waals surface area contributed by atoms with E-state index in [0.29, 0.717) is 42.6 Å². The zero-order valence-electron chi connectivity index (χ0n) is 15.5. The second kappa shape index (κ2) is 8.68. The van der Waals surface area contributed by atoms with Gasteiger partial charge in [0.15, 0.2) is 0 Å². The third-order valence-corrected chi connectivity index (χ3v) is 4.81. The number of hydrogen-bond donors (Lipinski definition) is 0. The molecule has 27 heavy (non-hydrogen) atoms. The number of benzene rings is 1. The van der Waals surface area contributed by atoms with Crippen LogP contribution in [0, 0.1) is 0 Å². The van der Waals surface area contributed by atoms with Crippen molar-refractivity contribution in [1.29, 1.82) is 0 Å². The number of amides is 1. The van der Waals surface area contributed by atoms with Crippen LogP contribution in [0.25, 0.3) is 11.4 Å². The third kappa shape index (κ3) is 4.65. The lowest BCUT2D eigenvalue weighted by molar-refractivity contribution is -0.130. The van der Waals surface area contributed by atoms with Crippen molar-refractivity contribution in [2.45, 2.75) is 19.4 Å². The summed E-state index contributed by atoms with van der Waals surface area (Å²) in [6.07, 6.45) is 0.695. The molecule has 0 bridgehead atoms. The van der Waals surface area contributed by atoms with Crippen LogP contribution in [0.4, 0.5) is 0 Å². The first-order chi connectivity index (χ1) is 13.1. The molecule has 0 aliphatic carbocycles. The number of aryl methyl sites for hydroxylation is 1. The molecule has 7 nitrogen and oxygen atoms in total. The first kappa shape index (κ1) is 18.9. The Kier molecular flexibility index (Phi) is 6.08. The van der Waals surface area contributed by atoms with Gasteiger partial charge in [-0.05, 0) is 23.6 Å². The Labute approximate surface area is 161 Å². The van der Waals surface area contributed by atoms with Crippen molar-refractivity contribution in [2.24, 2.45) is 0 Å². The first-order valence-corrected chi connectivity index (χ1v) is 9.35. The minimum Gasteiger partial charge on any atom is -0.497 e. The monoisotopic (exact) mass is 387 g/mol. The molecule has 0 spiro atoms. The molecular formula is C19H21N3O4S. The SMILES string of the molecule is COc1ccc(CN(C)C(=O)CCc2nc(-c3ccsc3)no2)c(OC)c1. The third-order valence-electron chi connectivity index (χ3n) is 4.13. The number of carbonyl (C=O) groups is 1. The summed E-state index contributed by atoms with van der Waals surface area (Å²) in [5.74, 6) is 2.40. The molecule has 2 aromatic heterocycles. The van der Waals surface area contributed by atoms with E-state index in [-0.39, 0.29) is 5.91 Å². The molecule has 2 heterocycles. The summed E-state index contributed by atoms with van der Waals surface area (Å²) in [6.45, 7) is 0.440. The maximum Gasteiger partial charge on any atom is 0.227 e. The van der Waals surface area contributed by atoms with Crippen LogP contribution in [-0.4, -0.2) is 42.2 Å². The van der Waals surface area contributed by atoms with Crippen molar-refractivity contribution in [3.8, 4) is 22.9 Å². The molecule has 142 valence electrons. The van der Waals surface area contributed by atoms with Crippen molar-refractivity contribution in [1.82, 2.24) is 15.0 Å². The average Bonchev–Trinajstić information content (AvgIpc) is 3.37. The highest BCUT2D eigenvalue weighted by Gasteiger charge is 2.15. The fourth-order valence-electron chi connectivity index (χ4n) is 2.60. The van der Waals surface area contributed by atoms with Gasteiger partial charge >= 0.3 is 0 Å². The number of aromatic nitrogens is 2. The van der Waals surface area contributed by atoms with Crippen molar-refractivity contribution in [3.63, 3.8) is 0 Å². The lowest BCUT2D eigenvalue weighted by Gasteiger charge is -2.19. The number of nitrogens with zero attached hydrogens (tertiary/aromatic N) is 3. The lowest BCUT2D eigenvalue weighted by atomic mass is 10.1. The Balaban J connectivity index is 1.57. The minimum absolute atomic E-state index is 0.0110. The van der Waals surface area contributed by atoms with Crippen LogP contribution < -0.4 is 9.47 Å². The molecule has 0 N–H and O–H groups in total. The van der Waals surface area contributed by atoms with Gasteiger partial charge in [0.2, 0.25) is 17.6 Å². The first-order valence-electron chi connectivity index (χ1n) is 8.40. The van der Waals surface area contributed by atoms with Crippen LogP contribution in [0.15, 0.2) is 39.5 Å². The summed E-state index contributed by atoms with van der Waals surface area (Å²) in [4.78, 5) is 18.4. The van der Waals surface area contributed by atoms with Crippen LogP contribution in [0.2, 0.25) is 0 Å². The van der Waals surface area contributed by atoms with Crippen molar-refractivity contribution in [3.05, 3.63) is 46.5 Å². The van der Waals surface area contributed by atoms with Gasteiger partial charge in [-0.2, -0.15) is 16.3 Å². The van der Waals surface area contributed by atoms with Gasteiger partial charge in [0.1, 0.15) is 11.5 Å².